The summed E-state index contributed by atoms with van der Waals surface area (Å²) in [6, 6.07) is 0. The molecule has 1 saturated heterocycles. The van der Waals surface area contributed by atoms with E-state index in [1.807, 2.05) is 6.92 Å². The fourth-order valence-corrected chi connectivity index (χ4v) is 2.22. The smallest absolute Gasteiger partial charge is 0.0947 e. The van der Waals surface area contributed by atoms with Crippen molar-refractivity contribution in [3.63, 3.8) is 0 Å². The minimum Gasteiger partial charge on any atom is -0.396 e. The minimum absolute atomic E-state index is 0.151. The van der Waals surface area contributed by atoms with Crippen molar-refractivity contribution in [2.24, 2.45) is 17.6 Å². The van der Waals surface area contributed by atoms with Crippen molar-refractivity contribution in [1.29, 1.82) is 5.41 Å². The fourth-order valence-electron chi connectivity index (χ4n) is 2.22. The van der Waals surface area contributed by atoms with E-state index in [1.54, 1.807) is 0 Å². The predicted molar refractivity (Wildman–Crippen MR) is 61.9 cm³/mol. The number of hydrogen-bond donors (Lipinski definition) is 3. The maximum absolute atomic E-state index is 8.90. The van der Waals surface area contributed by atoms with Gasteiger partial charge in [-0.3, -0.25) is 5.41 Å². The van der Waals surface area contributed by atoms with Gasteiger partial charge in [0.05, 0.1) is 5.84 Å². The fraction of sp³-hybridized carbons (Fsp3) is 0.909. The molecule has 0 aliphatic carbocycles. The molecule has 4 nitrogen and oxygen atoms in total. The van der Waals surface area contributed by atoms with Gasteiger partial charge in [0.2, 0.25) is 0 Å². The first-order chi connectivity index (χ1) is 7.13. The number of nitrogens with one attached hydrogen (secondary N) is 1. The Morgan fingerprint density at radius 1 is 1.67 bits per heavy atom. The molecule has 0 bridgehead atoms. The Balaban J connectivity index is 2.32. The summed E-state index contributed by atoms with van der Waals surface area (Å²) in [5.74, 6) is 1.06. The SMILES string of the molecule is CC(CN1CCCC(CCO)C1)C(=N)N. The monoisotopic (exact) mass is 213 g/mol. The van der Waals surface area contributed by atoms with E-state index < -0.39 is 0 Å². The van der Waals surface area contributed by atoms with Gasteiger partial charge >= 0.3 is 0 Å². The quantitative estimate of drug-likeness (QED) is 0.464. The van der Waals surface area contributed by atoms with Crippen molar-refractivity contribution in [2.75, 3.05) is 26.2 Å². The highest BCUT2D eigenvalue weighted by Crippen LogP contribution is 2.19. The van der Waals surface area contributed by atoms with E-state index >= 15 is 0 Å². The third-order valence-corrected chi connectivity index (χ3v) is 3.20. The minimum atomic E-state index is 0.151. The maximum atomic E-state index is 8.90. The molecule has 1 fully saturated rings. The molecule has 0 spiro atoms. The molecular formula is C11H23N3O. The molecule has 0 saturated carbocycles. The van der Waals surface area contributed by atoms with Gasteiger partial charge in [0, 0.05) is 25.6 Å². The molecule has 4 N–H and O–H groups in total. The topological polar surface area (TPSA) is 73.3 Å². The molecule has 4 heteroatoms. The second-order valence-corrected chi connectivity index (χ2v) is 4.64. The summed E-state index contributed by atoms with van der Waals surface area (Å²) >= 11 is 0. The van der Waals surface area contributed by atoms with Gasteiger partial charge in [-0.25, -0.2) is 0 Å². The normalized spacial score (nSPS) is 25.1. The lowest BCUT2D eigenvalue weighted by atomic mass is 9.94. The Hall–Kier alpha value is -0.610. The second kappa shape index (κ2) is 6.08. The zero-order valence-corrected chi connectivity index (χ0v) is 9.58. The Labute approximate surface area is 92.0 Å². The van der Waals surface area contributed by atoms with E-state index in [0.717, 1.165) is 26.1 Å². The highest BCUT2D eigenvalue weighted by molar-refractivity contribution is 5.79. The van der Waals surface area contributed by atoms with Crippen LogP contribution in [0.15, 0.2) is 0 Å². The van der Waals surface area contributed by atoms with Crippen LogP contribution in [0.5, 0.6) is 0 Å². The molecule has 15 heavy (non-hydrogen) atoms. The van der Waals surface area contributed by atoms with Gasteiger partial charge in [0.25, 0.3) is 0 Å². The van der Waals surface area contributed by atoms with Crippen LogP contribution in [0, 0.1) is 17.2 Å². The van der Waals surface area contributed by atoms with Crippen LogP contribution in [0.4, 0.5) is 0 Å². The van der Waals surface area contributed by atoms with Gasteiger partial charge in [-0.15, -0.1) is 0 Å². The highest BCUT2D eigenvalue weighted by atomic mass is 16.3. The van der Waals surface area contributed by atoms with Crippen LogP contribution in [-0.4, -0.2) is 42.1 Å². The van der Waals surface area contributed by atoms with E-state index in [-0.39, 0.29) is 11.8 Å². The van der Waals surface area contributed by atoms with Gasteiger partial charge < -0.3 is 15.7 Å². The molecule has 1 aliphatic heterocycles. The molecule has 0 aromatic rings. The van der Waals surface area contributed by atoms with Crippen molar-refractivity contribution in [3.8, 4) is 0 Å². The second-order valence-electron chi connectivity index (χ2n) is 4.64. The van der Waals surface area contributed by atoms with Gasteiger partial charge in [-0.1, -0.05) is 6.92 Å². The van der Waals surface area contributed by atoms with Crippen molar-refractivity contribution in [1.82, 2.24) is 4.90 Å². The van der Waals surface area contributed by atoms with Gasteiger partial charge in [-0.2, -0.15) is 0 Å². The number of rotatable bonds is 5. The Bertz CT molecular complexity index is 206. The van der Waals surface area contributed by atoms with Crippen molar-refractivity contribution in [3.05, 3.63) is 0 Å². The summed E-state index contributed by atoms with van der Waals surface area (Å²) in [6.07, 6.45) is 3.34. The van der Waals surface area contributed by atoms with Crippen LogP contribution in [-0.2, 0) is 0 Å². The lowest BCUT2D eigenvalue weighted by Gasteiger charge is -2.33. The van der Waals surface area contributed by atoms with Crippen molar-refractivity contribution < 1.29 is 5.11 Å². The van der Waals surface area contributed by atoms with Crippen LogP contribution < -0.4 is 5.73 Å². The van der Waals surface area contributed by atoms with E-state index in [2.05, 4.69) is 4.90 Å². The van der Waals surface area contributed by atoms with Crippen molar-refractivity contribution in [2.45, 2.75) is 26.2 Å². The van der Waals surface area contributed by atoms with Gasteiger partial charge in [-0.05, 0) is 31.7 Å². The summed E-state index contributed by atoms with van der Waals surface area (Å²) < 4.78 is 0. The maximum Gasteiger partial charge on any atom is 0.0947 e. The largest absolute Gasteiger partial charge is 0.396 e. The number of nitrogens with two attached hydrogens (primary N) is 1. The first-order valence-electron chi connectivity index (χ1n) is 5.80. The summed E-state index contributed by atoms with van der Waals surface area (Å²) in [4.78, 5) is 2.37. The summed E-state index contributed by atoms with van der Waals surface area (Å²) in [5, 5.41) is 16.3. The molecule has 0 aromatic heterocycles. The van der Waals surface area contributed by atoms with Crippen LogP contribution in [0.3, 0.4) is 0 Å². The van der Waals surface area contributed by atoms with Gasteiger partial charge in [0.1, 0.15) is 0 Å². The third-order valence-electron chi connectivity index (χ3n) is 3.20. The third kappa shape index (κ3) is 4.18. The standard InChI is InChI=1S/C11H23N3O/c1-9(11(12)13)7-14-5-2-3-10(8-14)4-6-15/h9-10,15H,2-8H2,1H3,(H3,12,13). The number of piperidine rings is 1. The van der Waals surface area contributed by atoms with Crippen LogP contribution in [0.1, 0.15) is 26.2 Å². The molecule has 2 atom stereocenters. The average Bonchev–Trinajstić information content (AvgIpc) is 2.18. The number of aliphatic hydroxyl groups excluding tert-OH is 1. The number of likely N-dealkylation sites (tertiary alicyclic amines) is 1. The van der Waals surface area contributed by atoms with E-state index in [4.69, 9.17) is 16.2 Å². The molecule has 1 heterocycles. The molecular weight excluding hydrogens is 190 g/mol. The van der Waals surface area contributed by atoms with E-state index in [0.29, 0.717) is 12.5 Å². The van der Waals surface area contributed by atoms with E-state index in [9.17, 15) is 0 Å². The van der Waals surface area contributed by atoms with Crippen LogP contribution in [0.25, 0.3) is 0 Å². The number of nitrogens with zero attached hydrogens (tertiary/aromatic N) is 1. The number of aliphatic hydroxyl groups is 1. The summed E-state index contributed by atoms with van der Waals surface area (Å²) in [6.45, 7) is 5.34. The molecule has 0 aromatic carbocycles. The summed E-state index contributed by atoms with van der Waals surface area (Å²) in [7, 11) is 0. The zero-order chi connectivity index (χ0) is 11.3. The first kappa shape index (κ1) is 12.5. The first-order valence-corrected chi connectivity index (χ1v) is 5.80. The lowest BCUT2D eigenvalue weighted by molar-refractivity contribution is 0.142. The Kier molecular flexibility index (Phi) is 5.05. The molecule has 1 aliphatic rings. The molecule has 1 rings (SSSR count). The summed E-state index contributed by atoms with van der Waals surface area (Å²) in [5.41, 5.74) is 5.46. The molecule has 0 amide bonds. The molecule has 0 radical (unpaired) electrons. The Morgan fingerprint density at radius 2 is 2.40 bits per heavy atom. The highest BCUT2D eigenvalue weighted by Gasteiger charge is 2.21. The average molecular weight is 213 g/mol. The molecule has 88 valence electrons. The van der Waals surface area contributed by atoms with Crippen LogP contribution >= 0.6 is 0 Å². The van der Waals surface area contributed by atoms with Crippen LogP contribution in [0.2, 0.25) is 0 Å². The molecule has 2 unspecified atom stereocenters. The zero-order valence-electron chi connectivity index (χ0n) is 9.58. The van der Waals surface area contributed by atoms with Crippen molar-refractivity contribution >= 4 is 5.84 Å². The number of amidine groups is 1. The van der Waals surface area contributed by atoms with Gasteiger partial charge in [0.15, 0.2) is 0 Å². The Morgan fingerprint density at radius 3 is 3.00 bits per heavy atom. The number of hydrogen-bond acceptors (Lipinski definition) is 3. The lowest BCUT2D eigenvalue weighted by Crippen LogP contribution is -2.41. The van der Waals surface area contributed by atoms with E-state index in [1.165, 1.54) is 12.8 Å². The predicted octanol–water partition coefficient (Wildman–Crippen LogP) is 0.653.